The summed E-state index contributed by atoms with van der Waals surface area (Å²) in [7, 11) is 1.77. The van der Waals surface area contributed by atoms with E-state index in [2.05, 4.69) is 16.5 Å². The molecular weight excluding hydrogens is 466 g/mol. The largest absolute Gasteiger partial charge is 0.481 e. The van der Waals surface area contributed by atoms with E-state index >= 15 is 0 Å². The van der Waals surface area contributed by atoms with Crippen molar-refractivity contribution >= 4 is 17.9 Å². The van der Waals surface area contributed by atoms with Crippen LogP contribution >= 0.6 is 0 Å². The van der Waals surface area contributed by atoms with Crippen molar-refractivity contribution in [3.63, 3.8) is 0 Å². The summed E-state index contributed by atoms with van der Waals surface area (Å²) >= 11 is 0. The number of carbonyl (C=O) groups is 2. The molecule has 1 aromatic heterocycles. The molecule has 0 bridgehead atoms. The number of hydrogen-bond donors (Lipinski definition) is 2. The molecule has 0 unspecified atom stereocenters. The number of carboxylic acids is 1. The molecule has 4 aromatic rings. The minimum Gasteiger partial charge on any atom is -0.481 e. The van der Waals surface area contributed by atoms with Gasteiger partial charge < -0.3 is 9.84 Å². The van der Waals surface area contributed by atoms with Crippen molar-refractivity contribution in [1.82, 2.24) is 9.78 Å². The van der Waals surface area contributed by atoms with E-state index in [9.17, 15) is 14.7 Å². The van der Waals surface area contributed by atoms with Crippen molar-refractivity contribution in [3.8, 4) is 22.3 Å². The third-order valence-electron chi connectivity index (χ3n) is 7.16. The van der Waals surface area contributed by atoms with Gasteiger partial charge >= 0.3 is 12.1 Å². The average molecular weight is 496 g/mol. The first-order valence-electron chi connectivity index (χ1n) is 12.3. The summed E-state index contributed by atoms with van der Waals surface area (Å²) in [4.78, 5) is 24.3. The number of benzene rings is 3. The van der Waals surface area contributed by atoms with E-state index in [-0.39, 0.29) is 0 Å². The molecule has 1 saturated carbocycles. The van der Waals surface area contributed by atoms with Gasteiger partial charge in [-0.25, -0.2) is 4.79 Å². The van der Waals surface area contributed by atoms with Crippen LogP contribution in [0.2, 0.25) is 0 Å². The quantitative estimate of drug-likeness (QED) is 0.306. The van der Waals surface area contributed by atoms with Crippen LogP contribution in [0.1, 0.15) is 42.6 Å². The standard InChI is InChI=1S/C30H29N3O4/c1-19-17-23(11-14-25(19)22-9-12-24(13-10-22)30(15-16-30)28(34)35)26-18-31-33(3)27(26)32-29(36)37-20(2)21-7-5-4-6-8-21/h4-14,17-18,20H,15-16H2,1-3H3,(H,32,36)(H,34,35)/t20-/m1/s1. The molecule has 7 heteroatoms. The summed E-state index contributed by atoms with van der Waals surface area (Å²) in [6.45, 7) is 3.87. The van der Waals surface area contributed by atoms with Gasteiger partial charge in [-0.2, -0.15) is 5.10 Å². The second-order valence-corrected chi connectivity index (χ2v) is 9.61. The summed E-state index contributed by atoms with van der Waals surface area (Å²) in [6.07, 6.45) is 2.16. The van der Waals surface area contributed by atoms with Crippen molar-refractivity contribution in [3.05, 3.63) is 95.7 Å². The van der Waals surface area contributed by atoms with E-state index in [4.69, 9.17) is 4.74 Å². The van der Waals surface area contributed by atoms with Crippen molar-refractivity contribution in [2.75, 3.05) is 5.32 Å². The van der Waals surface area contributed by atoms with E-state index in [1.54, 1.807) is 17.9 Å². The van der Waals surface area contributed by atoms with Crippen molar-refractivity contribution in [1.29, 1.82) is 0 Å². The Kier molecular flexibility index (Phi) is 6.29. The summed E-state index contributed by atoms with van der Waals surface area (Å²) in [5.41, 5.74) is 5.91. The number of hydrogen-bond acceptors (Lipinski definition) is 4. The zero-order valence-electron chi connectivity index (χ0n) is 21.1. The Balaban J connectivity index is 1.34. The molecule has 1 aliphatic carbocycles. The Bertz CT molecular complexity index is 1450. The van der Waals surface area contributed by atoms with Gasteiger partial charge in [-0.1, -0.05) is 72.8 Å². The Labute approximate surface area is 215 Å². The predicted molar refractivity (Wildman–Crippen MR) is 142 cm³/mol. The van der Waals surface area contributed by atoms with Crippen LogP contribution in [-0.2, 0) is 22.0 Å². The highest BCUT2D eigenvalue weighted by molar-refractivity contribution is 5.90. The lowest BCUT2D eigenvalue weighted by molar-refractivity contribution is -0.140. The molecule has 1 fully saturated rings. The SMILES string of the molecule is Cc1cc(-c2cnn(C)c2NC(=O)O[C@H](C)c2ccccc2)ccc1-c1ccc(C2(C(=O)O)CC2)cc1. The fraction of sp³-hybridized carbons (Fsp3) is 0.233. The van der Waals surface area contributed by atoms with Crippen LogP contribution in [0.3, 0.4) is 0 Å². The molecule has 37 heavy (non-hydrogen) atoms. The third kappa shape index (κ3) is 4.72. The second-order valence-electron chi connectivity index (χ2n) is 9.61. The van der Waals surface area contributed by atoms with Gasteiger partial charge in [0.05, 0.1) is 11.6 Å². The van der Waals surface area contributed by atoms with Gasteiger partial charge in [-0.3, -0.25) is 14.8 Å². The van der Waals surface area contributed by atoms with E-state index in [1.165, 1.54) is 0 Å². The van der Waals surface area contributed by atoms with E-state index in [0.29, 0.717) is 18.7 Å². The third-order valence-corrected chi connectivity index (χ3v) is 7.16. The Morgan fingerprint density at radius 2 is 1.68 bits per heavy atom. The van der Waals surface area contributed by atoms with Crippen molar-refractivity contribution in [2.24, 2.45) is 7.05 Å². The summed E-state index contributed by atoms with van der Waals surface area (Å²) in [5.74, 6) is -0.203. The van der Waals surface area contributed by atoms with E-state index in [1.807, 2.05) is 80.6 Å². The number of nitrogens with one attached hydrogen (secondary N) is 1. The Hall–Kier alpha value is -4.39. The van der Waals surface area contributed by atoms with Gasteiger partial charge in [0.1, 0.15) is 11.9 Å². The van der Waals surface area contributed by atoms with Crippen LogP contribution in [0.4, 0.5) is 10.6 Å². The lowest BCUT2D eigenvalue weighted by Crippen LogP contribution is -2.19. The lowest BCUT2D eigenvalue weighted by Gasteiger charge is -2.15. The fourth-order valence-corrected chi connectivity index (χ4v) is 4.75. The Morgan fingerprint density at radius 3 is 2.30 bits per heavy atom. The number of amides is 1. The van der Waals surface area contributed by atoms with Crippen LogP contribution in [0, 0.1) is 6.92 Å². The molecule has 7 nitrogen and oxygen atoms in total. The number of anilines is 1. The van der Waals surface area contributed by atoms with Gasteiger partial charge in [0, 0.05) is 12.6 Å². The average Bonchev–Trinajstić information content (AvgIpc) is 3.64. The molecule has 1 atom stereocenters. The normalized spacial score (nSPS) is 14.6. The molecule has 2 N–H and O–H groups in total. The van der Waals surface area contributed by atoms with Gasteiger partial charge in [-0.05, 0) is 60.1 Å². The number of carboxylic acid groups (broad SMARTS) is 1. The number of nitrogens with zero attached hydrogens (tertiary/aromatic N) is 2. The molecule has 0 aliphatic heterocycles. The van der Waals surface area contributed by atoms with Gasteiger partial charge in [0.15, 0.2) is 0 Å². The predicted octanol–water partition coefficient (Wildman–Crippen LogP) is 6.49. The molecule has 0 saturated heterocycles. The minimum absolute atomic E-state index is 0.393. The molecule has 1 amide bonds. The minimum atomic E-state index is -0.750. The number of carbonyl (C=O) groups excluding carboxylic acids is 1. The maximum atomic E-state index is 12.7. The zero-order chi connectivity index (χ0) is 26.2. The van der Waals surface area contributed by atoms with Crippen molar-refractivity contribution in [2.45, 2.75) is 38.2 Å². The molecule has 3 aromatic carbocycles. The van der Waals surface area contributed by atoms with Crippen LogP contribution < -0.4 is 5.32 Å². The van der Waals surface area contributed by atoms with Crippen LogP contribution in [0.25, 0.3) is 22.3 Å². The highest BCUT2D eigenvalue weighted by Gasteiger charge is 2.51. The Morgan fingerprint density at radius 1 is 1.00 bits per heavy atom. The second kappa shape index (κ2) is 9.58. The first-order chi connectivity index (χ1) is 17.8. The van der Waals surface area contributed by atoms with Crippen LogP contribution in [0.5, 0.6) is 0 Å². The summed E-state index contributed by atoms with van der Waals surface area (Å²) in [6, 6.07) is 23.5. The van der Waals surface area contributed by atoms with Crippen LogP contribution in [-0.4, -0.2) is 26.9 Å². The highest BCUT2D eigenvalue weighted by atomic mass is 16.6. The molecule has 0 radical (unpaired) electrons. The lowest BCUT2D eigenvalue weighted by atomic mass is 9.92. The topological polar surface area (TPSA) is 93.5 Å². The first kappa shape index (κ1) is 24.3. The monoisotopic (exact) mass is 495 g/mol. The van der Waals surface area contributed by atoms with Gasteiger partial charge in [-0.15, -0.1) is 0 Å². The molecule has 1 aliphatic rings. The summed E-state index contributed by atoms with van der Waals surface area (Å²) in [5, 5.41) is 16.8. The van der Waals surface area contributed by atoms with E-state index < -0.39 is 23.6 Å². The fourth-order valence-electron chi connectivity index (χ4n) is 4.75. The van der Waals surface area contributed by atoms with E-state index in [0.717, 1.165) is 38.9 Å². The van der Waals surface area contributed by atoms with Crippen molar-refractivity contribution < 1.29 is 19.4 Å². The number of aryl methyl sites for hydroxylation is 2. The number of aromatic nitrogens is 2. The van der Waals surface area contributed by atoms with Crippen LogP contribution in [0.15, 0.2) is 79.0 Å². The molecular formula is C30H29N3O4. The zero-order valence-corrected chi connectivity index (χ0v) is 21.1. The smallest absolute Gasteiger partial charge is 0.413 e. The molecule has 188 valence electrons. The van der Waals surface area contributed by atoms with Gasteiger partial charge in [0.2, 0.25) is 0 Å². The first-order valence-corrected chi connectivity index (χ1v) is 12.3. The number of ether oxygens (including phenoxy) is 1. The van der Waals surface area contributed by atoms with Gasteiger partial charge in [0.25, 0.3) is 0 Å². The molecule has 1 heterocycles. The maximum Gasteiger partial charge on any atom is 0.413 e. The summed E-state index contributed by atoms with van der Waals surface area (Å²) < 4.78 is 7.19. The maximum absolute atomic E-state index is 12.7. The highest BCUT2D eigenvalue weighted by Crippen LogP contribution is 2.48. The molecule has 0 spiro atoms. The molecule has 5 rings (SSSR count). The number of aliphatic carboxylic acids is 1. The number of rotatable bonds is 7.